The Labute approximate surface area is 129 Å². The Hall–Kier alpha value is -2.57. The maximum atomic E-state index is 5.84. The summed E-state index contributed by atoms with van der Waals surface area (Å²) in [6.45, 7) is 6.28. The number of guanidine groups is 1. The van der Waals surface area contributed by atoms with Crippen LogP contribution in [-0.2, 0) is 12.0 Å². The largest absolute Gasteiger partial charge is 0.497 e. The van der Waals surface area contributed by atoms with Crippen molar-refractivity contribution in [1.29, 1.82) is 0 Å². The van der Waals surface area contributed by atoms with Gasteiger partial charge in [-0.2, -0.15) is 4.98 Å². The van der Waals surface area contributed by atoms with Crippen LogP contribution >= 0.6 is 0 Å². The summed E-state index contributed by atoms with van der Waals surface area (Å²) in [7, 11) is 1.62. The van der Waals surface area contributed by atoms with Crippen LogP contribution in [0.2, 0.25) is 0 Å². The molecule has 0 bridgehead atoms. The molecule has 1 aromatic heterocycles. The number of nitrogens with one attached hydrogen (secondary N) is 1. The van der Waals surface area contributed by atoms with Crippen molar-refractivity contribution in [3.63, 3.8) is 0 Å². The van der Waals surface area contributed by atoms with Crippen molar-refractivity contribution < 1.29 is 9.26 Å². The molecule has 7 heteroatoms. The molecule has 0 saturated carbocycles. The maximum Gasteiger partial charge on any atom is 0.232 e. The van der Waals surface area contributed by atoms with Crippen LogP contribution in [-0.4, -0.2) is 23.2 Å². The van der Waals surface area contributed by atoms with E-state index in [1.165, 1.54) is 0 Å². The molecule has 0 spiro atoms. The highest BCUT2D eigenvalue weighted by Crippen LogP contribution is 2.19. The molecule has 22 heavy (non-hydrogen) atoms. The highest BCUT2D eigenvalue weighted by atomic mass is 16.5. The summed E-state index contributed by atoms with van der Waals surface area (Å²) in [6.07, 6.45) is 0. The smallest absolute Gasteiger partial charge is 0.232 e. The molecule has 0 saturated heterocycles. The fourth-order valence-corrected chi connectivity index (χ4v) is 1.64. The molecule has 0 amide bonds. The van der Waals surface area contributed by atoms with Gasteiger partial charge in [-0.25, -0.2) is 4.99 Å². The van der Waals surface area contributed by atoms with E-state index >= 15 is 0 Å². The van der Waals surface area contributed by atoms with Crippen LogP contribution < -0.4 is 15.8 Å². The van der Waals surface area contributed by atoms with Gasteiger partial charge in [-0.1, -0.05) is 25.9 Å². The van der Waals surface area contributed by atoms with Crippen LogP contribution in [0.25, 0.3) is 0 Å². The second-order valence-corrected chi connectivity index (χ2v) is 5.82. The zero-order valence-corrected chi connectivity index (χ0v) is 13.3. The summed E-state index contributed by atoms with van der Waals surface area (Å²) in [5, 5.41) is 6.88. The number of aromatic nitrogens is 2. The van der Waals surface area contributed by atoms with E-state index in [9.17, 15) is 0 Å². The summed E-state index contributed by atoms with van der Waals surface area (Å²) >= 11 is 0. The van der Waals surface area contributed by atoms with E-state index in [1.807, 2.05) is 45.0 Å². The predicted molar refractivity (Wildman–Crippen MR) is 84.9 cm³/mol. The average Bonchev–Trinajstić information content (AvgIpc) is 2.95. The number of nitrogens with two attached hydrogens (primary N) is 1. The maximum absolute atomic E-state index is 5.84. The van der Waals surface area contributed by atoms with Crippen LogP contribution in [0.15, 0.2) is 33.8 Å². The molecule has 0 radical (unpaired) electrons. The quantitative estimate of drug-likeness (QED) is 0.664. The van der Waals surface area contributed by atoms with Crippen LogP contribution in [0.5, 0.6) is 5.75 Å². The first-order chi connectivity index (χ1) is 10.4. The standard InChI is InChI=1S/C15H21N5O2/c1-15(2,3)13-19-12(20-22-13)9-17-14(16)18-10-5-7-11(21-4)8-6-10/h5-8H,9H2,1-4H3,(H3,16,17,18). The average molecular weight is 303 g/mol. The summed E-state index contributed by atoms with van der Waals surface area (Å²) in [5.41, 5.74) is 6.48. The third-order valence-corrected chi connectivity index (χ3v) is 2.86. The van der Waals surface area contributed by atoms with E-state index in [4.69, 9.17) is 15.0 Å². The van der Waals surface area contributed by atoms with E-state index in [1.54, 1.807) is 7.11 Å². The molecular weight excluding hydrogens is 282 g/mol. The summed E-state index contributed by atoms with van der Waals surface area (Å²) < 4.78 is 10.3. The molecule has 3 N–H and O–H groups in total. The minimum atomic E-state index is -0.179. The number of hydrogen-bond acceptors (Lipinski definition) is 5. The Morgan fingerprint density at radius 1 is 1.32 bits per heavy atom. The Morgan fingerprint density at radius 3 is 2.55 bits per heavy atom. The molecule has 0 aliphatic heterocycles. The number of anilines is 1. The first-order valence-corrected chi connectivity index (χ1v) is 6.92. The SMILES string of the molecule is COc1ccc(NC(N)=NCc2noc(C(C)(C)C)n2)cc1. The molecule has 118 valence electrons. The third-order valence-electron chi connectivity index (χ3n) is 2.86. The van der Waals surface area contributed by atoms with E-state index in [0.29, 0.717) is 11.7 Å². The highest BCUT2D eigenvalue weighted by molar-refractivity contribution is 5.92. The van der Waals surface area contributed by atoms with Gasteiger partial charge in [0.1, 0.15) is 12.3 Å². The number of benzene rings is 1. The monoisotopic (exact) mass is 303 g/mol. The van der Waals surface area contributed by atoms with Gasteiger partial charge in [-0.05, 0) is 24.3 Å². The predicted octanol–water partition coefficient (Wildman–Crippen LogP) is 2.30. The summed E-state index contributed by atoms with van der Waals surface area (Å²) in [4.78, 5) is 8.49. The summed E-state index contributed by atoms with van der Waals surface area (Å²) in [5.74, 6) is 2.15. The number of aliphatic imine (C=N–C) groups is 1. The van der Waals surface area contributed by atoms with Crippen molar-refractivity contribution in [2.75, 3.05) is 12.4 Å². The fraction of sp³-hybridized carbons (Fsp3) is 0.400. The van der Waals surface area contributed by atoms with E-state index in [2.05, 4.69) is 20.4 Å². The molecule has 1 aromatic carbocycles. The lowest BCUT2D eigenvalue weighted by molar-refractivity contribution is 0.318. The van der Waals surface area contributed by atoms with Gasteiger partial charge in [0.05, 0.1) is 7.11 Å². The van der Waals surface area contributed by atoms with Gasteiger partial charge in [0.25, 0.3) is 0 Å². The Bertz CT molecular complexity index is 641. The summed E-state index contributed by atoms with van der Waals surface area (Å²) in [6, 6.07) is 7.38. The first kappa shape index (κ1) is 15.8. The minimum Gasteiger partial charge on any atom is -0.497 e. The molecule has 0 unspecified atom stereocenters. The number of rotatable bonds is 4. The van der Waals surface area contributed by atoms with E-state index in [-0.39, 0.29) is 17.9 Å². The lowest BCUT2D eigenvalue weighted by Crippen LogP contribution is -2.22. The van der Waals surface area contributed by atoms with Crippen LogP contribution in [0.3, 0.4) is 0 Å². The van der Waals surface area contributed by atoms with E-state index < -0.39 is 0 Å². The zero-order chi connectivity index (χ0) is 16.2. The normalized spacial score (nSPS) is 12.3. The van der Waals surface area contributed by atoms with Gasteiger partial charge < -0.3 is 20.3 Å². The Balaban J connectivity index is 1.95. The van der Waals surface area contributed by atoms with Crippen molar-refractivity contribution in [2.45, 2.75) is 32.7 Å². The molecule has 7 nitrogen and oxygen atoms in total. The van der Waals surface area contributed by atoms with Crippen LogP contribution in [0.1, 0.15) is 32.5 Å². The van der Waals surface area contributed by atoms with Crippen LogP contribution in [0, 0.1) is 0 Å². The lowest BCUT2D eigenvalue weighted by Gasteiger charge is -2.10. The van der Waals surface area contributed by atoms with Gasteiger partial charge in [-0.3, -0.25) is 0 Å². The molecular formula is C15H21N5O2. The first-order valence-electron chi connectivity index (χ1n) is 6.92. The number of ether oxygens (including phenoxy) is 1. The fourth-order valence-electron chi connectivity index (χ4n) is 1.64. The van der Waals surface area contributed by atoms with Gasteiger partial charge in [0, 0.05) is 11.1 Å². The number of hydrogen-bond donors (Lipinski definition) is 2. The van der Waals surface area contributed by atoms with Crippen molar-refractivity contribution >= 4 is 11.6 Å². The van der Waals surface area contributed by atoms with E-state index in [0.717, 1.165) is 11.4 Å². The molecule has 1 heterocycles. The van der Waals surface area contributed by atoms with Crippen molar-refractivity contribution in [1.82, 2.24) is 10.1 Å². The Morgan fingerprint density at radius 2 is 2.00 bits per heavy atom. The van der Waals surface area contributed by atoms with Gasteiger partial charge in [0.15, 0.2) is 11.8 Å². The van der Waals surface area contributed by atoms with Crippen molar-refractivity contribution in [2.24, 2.45) is 10.7 Å². The number of nitrogens with zero attached hydrogens (tertiary/aromatic N) is 3. The zero-order valence-electron chi connectivity index (χ0n) is 13.3. The highest BCUT2D eigenvalue weighted by Gasteiger charge is 2.21. The topological polar surface area (TPSA) is 98.6 Å². The van der Waals surface area contributed by atoms with Gasteiger partial charge >= 0.3 is 0 Å². The van der Waals surface area contributed by atoms with Crippen LogP contribution in [0.4, 0.5) is 5.69 Å². The minimum absolute atomic E-state index is 0.179. The molecule has 0 aliphatic rings. The second kappa shape index (κ2) is 6.46. The molecule has 0 aliphatic carbocycles. The van der Waals surface area contributed by atoms with Gasteiger partial charge in [0.2, 0.25) is 5.89 Å². The van der Waals surface area contributed by atoms with Crippen molar-refractivity contribution in [3.8, 4) is 5.75 Å². The Kier molecular flexibility index (Phi) is 4.65. The van der Waals surface area contributed by atoms with Crippen molar-refractivity contribution in [3.05, 3.63) is 36.0 Å². The molecule has 0 atom stereocenters. The lowest BCUT2D eigenvalue weighted by atomic mass is 9.97. The molecule has 2 rings (SSSR count). The molecule has 0 fully saturated rings. The van der Waals surface area contributed by atoms with Gasteiger partial charge in [-0.15, -0.1) is 0 Å². The third kappa shape index (κ3) is 4.21. The number of methoxy groups -OCH3 is 1. The molecule has 2 aromatic rings. The second-order valence-electron chi connectivity index (χ2n) is 5.82.